The summed E-state index contributed by atoms with van der Waals surface area (Å²) in [5, 5.41) is 12.9. The first-order chi connectivity index (χ1) is 46.1. The summed E-state index contributed by atoms with van der Waals surface area (Å²) >= 11 is 0. The van der Waals surface area contributed by atoms with Gasteiger partial charge in [0.05, 0.1) is 158 Å². The Kier molecular flexibility index (Phi) is 80.0. The van der Waals surface area contributed by atoms with Crippen LogP contribution >= 0.6 is 0 Å². The number of carboxylic acid groups (broad SMARTS) is 1. The quantitative estimate of drug-likeness (QED) is 0.0292. The highest BCUT2D eigenvalue weighted by Crippen LogP contribution is 2.14. The largest absolute Gasteiger partial charge is 0.490 e. The third-order valence-corrected chi connectivity index (χ3v) is 14.1. The second-order valence-corrected chi connectivity index (χ2v) is 22.6. The van der Waals surface area contributed by atoms with Gasteiger partial charge in [0.25, 0.3) is 0 Å². The topological polar surface area (TPSA) is 234 Å². The van der Waals surface area contributed by atoms with E-state index in [0.717, 1.165) is 26.1 Å². The maximum atomic E-state index is 11.8. The minimum absolute atomic E-state index is 0.0143. The van der Waals surface area contributed by atoms with Crippen molar-refractivity contribution in [2.24, 2.45) is 0 Å². The summed E-state index contributed by atoms with van der Waals surface area (Å²) in [5.74, 6) is -3.54. The van der Waals surface area contributed by atoms with E-state index in [1.54, 1.807) is 7.11 Å². The standard InChI is InChI=1S/C68H132N2O17.C2HF3O2/c1-4-6-8-10-12-14-16-18-20-22-24-26-28-30-32-34-38-83-64-66(85-39-35-33-31-29-27-25-23-21-19-17-15-13-11-9-7-5-2)65-84-59-58-81-55-54-79-51-50-77-47-46-75-43-42-74-44-45-76-48-49-78-52-53-80-56-57-82-60-61-87-68(72)63-70-37-41-86-67(71)62-69-36-40-73-3;3-2(4,5)1(6)7/h18-21,66,69-70H,4-17,22-65H2,1-3H3;(H,6,7)/b20-18-,21-19-;. The molecule has 0 amide bonds. The van der Waals surface area contributed by atoms with E-state index in [-0.39, 0.29) is 45.0 Å². The molecule has 0 saturated heterocycles. The number of methoxy groups -OCH3 is 1. The molecule has 0 aromatic rings. The number of carboxylic acids is 1. The van der Waals surface area contributed by atoms with Crippen LogP contribution in [0.2, 0.25) is 0 Å². The molecule has 0 rings (SSSR count). The lowest BCUT2D eigenvalue weighted by atomic mass is 10.1. The van der Waals surface area contributed by atoms with Crippen LogP contribution in [0.25, 0.3) is 0 Å². The van der Waals surface area contributed by atoms with E-state index in [2.05, 4.69) is 48.8 Å². The summed E-state index contributed by atoms with van der Waals surface area (Å²) in [6.07, 6.45) is 40.9. The first-order valence-electron chi connectivity index (χ1n) is 35.9. The van der Waals surface area contributed by atoms with Gasteiger partial charge >= 0.3 is 24.1 Å². The average Bonchev–Trinajstić information content (AvgIpc) is 3.78. The van der Waals surface area contributed by atoms with Gasteiger partial charge in [0, 0.05) is 33.4 Å². The van der Waals surface area contributed by atoms with Crippen LogP contribution < -0.4 is 10.6 Å². The highest BCUT2D eigenvalue weighted by molar-refractivity contribution is 5.73. The van der Waals surface area contributed by atoms with E-state index >= 15 is 0 Å². The van der Waals surface area contributed by atoms with E-state index in [1.165, 1.54) is 167 Å². The van der Waals surface area contributed by atoms with Crippen molar-refractivity contribution in [3.63, 3.8) is 0 Å². The Bertz CT molecular complexity index is 1590. The van der Waals surface area contributed by atoms with Crippen LogP contribution in [0, 0.1) is 0 Å². The SMILES string of the molecule is CCCCCCCC/C=C\CCCCCCCCOCC(COCCOCCOCCOCCOCCOCCOCCOCCOCCOCCOC(=O)CNCCOC(=O)CNCCOC)OCCCCCCCC/C=C\CCCCCCCC.O=C(O)C(F)(F)F. The highest BCUT2D eigenvalue weighted by atomic mass is 19.4. The number of unbranched alkanes of at least 4 members (excludes halogenated alkanes) is 24. The van der Waals surface area contributed by atoms with Gasteiger partial charge in [0.15, 0.2) is 0 Å². The molecule has 0 fully saturated rings. The molecule has 0 aromatic carbocycles. The molecule has 3 N–H and O–H groups in total. The number of aliphatic carboxylic acids is 1. The van der Waals surface area contributed by atoms with Gasteiger partial charge in [-0.15, -0.1) is 0 Å². The van der Waals surface area contributed by atoms with Gasteiger partial charge in [-0.05, 0) is 64.2 Å². The molecule has 0 bridgehead atoms. The zero-order valence-corrected chi connectivity index (χ0v) is 58.8. The molecule has 94 heavy (non-hydrogen) atoms. The number of esters is 2. The number of hydrogen-bond donors (Lipinski definition) is 3. The monoisotopic (exact) mass is 1360 g/mol. The number of nitrogens with one attached hydrogen (secondary N) is 2. The maximum Gasteiger partial charge on any atom is 0.490 e. The number of hydrogen-bond acceptors (Lipinski definition) is 20. The Hall–Kier alpha value is -2.92. The van der Waals surface area contributed by atoms with Crippen molar-refractivity contribution in [2.75, 3.05) is 205 Å². The molecule has 0 aromatic heterocycles. The fourth-order valence-electron chi connectivity index (χ4n) is 8.71. The number of ether oxygens (including phenoxy) is 15. The lowest BCUT2D eigenvalue weighted by Gasteiger charge is -2.18. The number of carbonyl (C=O) groups excluding carboxylic acids is 2. The van der Waals surface area contributed by atoms with Crippen LogP contribution in [-0.2, 0) is 85.4 Å². The van der Waals surface area contributed by atoms with Gasteiger partial charge in [-0.25, -0.2) is 4.79 Å². The average molecular weight is 1360 g/mol. The van der Waals surface area contributed by atoms with E-state index in [0.29, 0.717) is 152 Å². The van der Waals surface area contributed by atoms with Gasteiger partial charge in [-0.2, -0.15) is 13.2 Å². The smallest absolute Gasteiger partial charge is 0.475 e. The Labute approximate surface area is 565 Å². The van der Waals surface area contributed by atoms with Crippen molar-refractivity contribution in [3.8, 4) is 0 Å². The molecule has 21 nitrogen and oxygen atoms in total. The molecular formula is C70H133F3N2O19. The summed E-state index contributed by atoms with van der Waals surface area (Å²) in [6.45, 7) is 17.7. The number of carbonyl (C=O) groups is 3. The van der Waals surface area contributed by atoms with Crippen LogP contribution in [0.1, 0.15) is 194 Å². The number of rotatable bonds is 77. The third kappa shape index (κ3) is 83.3. The third-order valence-electron chi connectivity index (χ3n) is 14.1. The number of alkyl halides is 3. The fraction of sp³-hybridized carbons (Fsp3) is 0.900. The van der Waals surface area contributed by atoms with Crippen molar-refractivity contribution >= 4 is 17.9 Å². The first-order valence-corrected chi connectivity index (χ1v) is 35.9. The van der Waals surface area contributed by atoms with Crippen molar-refractivity contribution in [1.82, 2.24) is 10.6 Å². The van der Waals surface area contributed by atoms with E-state index in [1.807, 2.05) is 0 Å². The van der Waals surface area contributed by atoms with Gasteiger partial charge in [0.1, 0.15) is 19.3 Å². The zero-order chi connectivity index (χ0) is 68.7. The van der Waals surface area contributed by atoms with Gasteiger partial charge < -0.3 is 86.8 Å². The Morgan fingerprint density at radius 2 is 0.617 bits per heavy atom. The first kappa shape index (κ1) is 93.1. The molecule has 0 aliphatic rings. The molecule has 0 saturated carbocycles. The van der Waals surface area contributed by atoms with Crippen LogP contribution in [0.3, 0.4) is 0 Å². The zero-order valence-electron chi connectivity index (χ0n) is 58.8. The predicted molar refractivity (Wildman–Crippen MR) is 361 cm³/mol. The summed E-state index contributed by atoms with van der Waals surface area (Å²) in [7, 11) is 1.59. The van der Waals surface area contributed by atoms with Crippen molar-refractivity contribution < 1.29 is 104 Å². The number of halogens is 3. The van der Waals surface area contributed by atoms with Crippen LogP contribution in [0.15, 0.2) is 24.3 Å². The second kappa shape index (κ2) is 80.8. The molecule has 558 valence electrons. The Morgan fingerprint density at radius 3 is 0.947 bits per heavy atom. The van der Waals surface area contributed by atoms with Crippen LogP contribution in [0.5, 0.6) is 0 Å². The molecular weight excluding hydrogens is 1230 g/mol. The predicted octanol–water partition coefficient (Wildman–Crippen LogP) is 12.2. The van der Waals surface area contributed by atoms with E-state index in [9.17, 15) is 22.8 Å². The molecule has 0 radical (unpaired) electrons. The lowest BCUT2D eigenvalue weighted by molar-refractivity contribution is -0.192. The summed E-state index contributed by atoms with van der Waals surface area (Å²) < 4.78 is 115. The van der Waals surface area contributed by atoms with Gasteiger partial charge in [-0.1, -0.05) is 154 Å². The van der Waals surface area contributed by atoms with E-state index in [4.69, 9.17) is 81.0 Å². The minimum atomic E-state index is -5.08. The Morgan fingerprint density at radius 1 is 0.351 bits per heavy atom. The minimum Gasteiger partial charge on any atom is -0.475 e. The normalized spacial score (nSPS) is 12.1. The molecule has 0 aliphatic heterocycles. The highest BCUT2D eigenvalue weighted by Gasteiger charge is 2.38. The molecule has 0 spiro atoms. The van der Waals surface area contributed by atoms with Crippen molar-refractivity contribution in [2.45, 2.75) is 206 Å². The fourth-order valence-corrected chi connectivity index (χ4v) is 8.71. The van der Waals surface area contributed by atoms with Gasteiger partial charge in [-0.3, -0.25) is 9.59 Å². The molecule has 1 atom stereocenters. The maximum absolute atomic E-state index is 11.8. The van der Waals surface area contributed by atoms with Crippen molar-refractivity contribution in [1.29, 1.82) is 0 Å². The second-order valence-electron chi connectivity index (χ2n) is 22.6. The summed E-state index contributed by atoms with van der Waals surface area (Å²) in [5.41, 5.74) is 0. The summed E-state index contributed by atoms with van der Waals surface area (Å²) in [4.78, 5) is 32.2. The number of allylic oxidation sites excluding steroid dienone is 4. The van der Waals surface area contributed by atoms with Crippen LogP contribution in [-0.4, -0.2) is 240 Å². The molecule has 0 aliphatic carbocycles. The molecule has 24 heteroatoms. The van der Waals surface area contributed by atoms with Gasteiger partial charge in [0.2, 0.25) is 0 Å². The summed E-state index contributed by atoms with van der Waals surface area (Å²) in [6, 6.07) is 0. The molecule has 0 heterocycles. The Balaban J connectivity index is 0. The lowest BCUT2D eigenvalue weighted by Crippen LogP contribution is -2.31. The van der Waals surface area contributed by atoms with Crippen molar-refractivity contribution in [3.05, 3.63) is 24.3 Å². The van der Waals surface area contributed by atoms with Crippen LogP contribution in [0.4, 0.5) is 13.2 Å². The van der Waals surface area contributed by atoms with E-state index < -0.39 is 18.1 Å². The molecule has 1 unspecified atom stereocenters.